The Balaban J connectivity index is 1.96. The van der Waals surface area contributed by atoms with Crippen LogP contribution in [0.25, 0.3) is 10.1 Å². The second kappa shape index (κ2) is 6.51. The van der Waals surface area contributed by atoms with Crippen LogP contribution in [0.15, 0.2) is 18.2 Å². The summed E-state index contributed by atoms with van der Waals surface area (Å²) in [5.74, 6) is -0.304. The summed E-state index contributed by atoms with van der Waals surface area (Å²) >= 11 is 1.20. The molecule has 0 bridgehead atoms. The number of piperidine rings is 1. The molecule has 1 aliphatic heterocycles. The molecular formula is C18H21FN2O2S. The second-order valence-corrected chi connectivity index (χ2v) is 7.55. The van der Waals surface area contributed by atoms with Crippen molar-refractivity contribution in [2.45, 2.75) is 25.7 Å². The maximum Gasteiger partial charge on any atom is 0.263 e. The first-order valence-corrected chi connectivity index (χ1v) is 8.89. The van der Waals surface area contributed by atoms with Crippen molar-refractivity contribution < 1.29 is 14.0 Å². The molecule has 2 heterocycles. The number of rotatable bonds is 2. The number of thiophene rings is 1. The zero-order valence-corrected chi connectivity index (χ0v) is 15.0. The molecule has 0 aliphatic carbocycles. The largest absolute Gasteiger partial charge is 0.344 e. The zero-order valence-electron chi connectivity index (χ0n) is 14.1. The Bertz CT molecular complexity index is 800. The van der Waals surface area contributed by atoms with Crippen LogP contribution in [-0.2, 0) is 4.79 Å². The molecule has 1 aliphatic rings. The van der Waals surface area contributed by atoms with Crippen molar-refractivity contribution in [2.24, 2.45) is 0 Å². The van der Waals surface area contributed by atoms with E-state index in [-0.39, 0.29) is 23.5 Å². The fraction of sp³-hybridized carbons (Fsp3) is 0.444. The Labute approximate surface area is 144 Å². The lowest BCUT2D eigenvalue weighted by Crippen LogP contribution is -2.37. The quantitative estimate of drug-likeness (QED) is 0.834. The van der Waals surface area contributed by atoms with Crippen LogP contribution in [0.1, 0.15) is 40.9 Å². The molecule has 6 heteroatoms. The van der Waals surface area contributed by atoms with Gasteiger partial charge in [0.15, 0.2) is 0 Å². The molecule has 2 aromatic rings. The number of fused-ring (bicyclic) bond motifs is 1. The molecule has 24 heavy (non-hydrogen) atoms. The first kappa shape index (κ1) is 16.9. The van der Waals surface area contributed by atoms with E-state index in [1.54, 1.807) is 32.0 Å². The first-order chi connectivity index (χ1) is 11.4. The third-order valence-electron chi connectivity index (χ3n) is 4.58. The molecule has 4 nitrogen and oxygen atoms in total. The zero-order chi connectivity index (χ0) is 17.4. The summed E-state index contributed by atoms with van der Waals surface area (Å²) in [5.41, 5.74) is 0.652. The second-order valence-electron chi connectivity index (χ2n) is 6.50. The van der Waals surface area contributed by atoms with Gasteiger partial charge >= 0.3 is 0 Å². The van der Waals surface area contributed by atoms with E-state index in [4.69, 9.17) is 0 Å². The molecule has 0 unspecified atom stereocenters. The van der Waals surface area contributed by atoms with Crippen molar-refractivity contribution in [1.29, 1.82) is 0 Å². The molecule has 1 aromatic carbocycles. The summed E-state index contributed by atoms with van der Waals surface area (Å²) in [6, 6.07) is 5.43. The van der Waals surface area contributed by atoms with E-state index >= 15 is 4.39 Å². The Hall–Kier alpha value is -1.95. The van der Waals surface area contributed by atoms with Gasteiger partial charge < -0.3 is 9.80 Å². The number of carbonyl (C=O) groups is 2. The SMILES string of the molecule is CC(=O)N1CCC[C@@H](c2ccc3cc(C(=O)N(C)C)sc3c2F)C1. The van der Waals surface area contributed by atoms with E-state index < -0.39 is 0 Å². The van der Waals surface area contributed by atoms with Gasteiger partial charge in [0.1, 0.15) is 5.82 Å². The first-order valence-electron chi connectivity index (χ1n) is 8.07. The Morgan fingerprint density at radius 2 is 2.08 bits per heavy atom. The average Bonchev–Trinajstić information content (AvgIpc) is 2.99. The van der Waals surface area contributed by atoms with Crippen LogP contribution >= 0.6 is 11.3 Å². The Kier molecular flexibility index (Phi) is 4.58. The predicted molar refractivity (Wildman–Crippen MR) is 94.0 cm³/mol. The summed E-state index contributed by atoms with van der Waals surface area (Å²) in [4.78, 5) is 27.5. The molecule has 1 saturated heterocycles. The normalized spacial score (nSPS) is 18.0. The number of halogens is 1. The van der Waals surface area contributed by atoms with Gasteiger partial charge in [0.05, 0.1) is 9.58 Å². The van der Waals surface area contributed by atoms with E-state index in [0.29, 0.717) is 21.7 Å². The number of likely N-dealkylation sites (tertiary alicyclic amines) is 1. The number of nitrogens with zero attached hydrogens (tertiary/aromatic N) is 2. The Morgan fingerprint density at radius 1 is 1.33 bits per heavy atom. The molecule has 0 spiro atoms. The monoisotopic (exact) mass is 348 g/mol. The van der Waals surface area contributed by atoms with Crippen LogP contribution in [0.5, 0.6) is 0 Å². The molecular weight excluding hydrogens is 327 g/mol. The van der Waals surface area contributed by atoms with E-state index in [2.05, 4.69) is 0 Å². The van der Waals surface area contributed by atoms with Crippen LogP contribution in [0.2, 0.25) is 0 Å². The molecule has 3 rings (SSSR count). The van der Waals surface area contributed by atoms with Crippen LogP contribution in [0.4, 0.5) is 4.39 Å². The van der Waals surface area contributed by atoms with Gasteiger partial charge in [-0.05, 0) is 29.9 Å². The van der Waals surface area contributed by atoms with Crippen molar-refractivity contribution in [3.05, 3.63) is 34.5 Å². The Morgan fingerprint density at radius 3 is 2.75 bits per heavy atom. The lowest BCUT2D eigenvalue weighted by Gasteiger charge is -2.32. The van der Waals surface area contributed by atoms with E-state index in [1.807, 2.05) is 12.1 Å². The average molecular weight is 348 g/mol. The van der Waals surface area contributed by atoms with Gasteiger partial charge in [0, 0.05) is 40.0 Å². The molecule has 1 aromatic heterocycles. The van der Waals surface area contributed by atoms with Gasteiger partial charge in [0.2, 0.25) is 5.91 Å². The summed E-state index contributed by atoms with van der Waals surface area (Å²) in [7, 11) is 3.37. The number of hydrogen-bond donors (Lipinski definition) is 0. The fourth-order valence-electron chi connectivity index (χ4n) is 3.24. The minimum Gasteiger partial charge on any atom is -0.344 e. The van der Waals surface area contributed by atoms with Crippen molar-refractivity contribution >= 4 is 33.2 Å². The van der Waals surface area contributed by atoms with E-state index in [0.717, 1.165) is 24.8 Å². The standard InChI is InChI=1S/C18H21FN2O2S/c1-11(22)21-8-4-5-13(10-21)14-7-6-12-9-15(18(23)20(2)3)24-17(12)16(14)19/h6-7,9,13H,4-5,8,10H2,1-3H3/t13-/m1/s1. The summed E-state index contributed by atoms with van der Waals surface area (Å²) in [6.07, 6.45) is 1.76. The fourth-order valence-corrected chi connectivity index (χ4v) is 4.37. The van der Waals surface area contributed by atoms with Crippen LogP contribution in [0, 0.1) is 5.82 Å². The van der Waals surface area contributed by atoms with Gasteiger partial charge in [-0.15, -0.1) is 11.3 Å². The van der Waals surface area contributed by atoms with Crippen molar-refractivity contribution in [2.75, 3.05) is 27.2 Å². The maximum atomic E-state index is 15.0. The third-order valence-corrected chi connectivity index (χ3v) is 5.71. The highest BCUT2D eigenvalue weighted by Crippen LogP contribution is 2.36. The smallest absolute Gasteiger partial charge is 0.263 e. The van der Waals surface area contributed by atoms with E-state index in [9.17, 15) is 9.59 Å². The van der Waals surface area contributed by atoms with Crippen molar-refractivity contribution in [1.82, 2.24) is 9.80 Å². The summed E-state index contributed by atoms with van der Waals surface area (Å²) < 4.78 is 15.6. The minimum absolute atomic E-state index is 0.0159. The third kappa shape index (κ3) is 3.02. The summed E-state index contributed by atoms with van der Waals surface area (Å²) in [6.45, 7) is 2.86. The van der Waals surface area contributed by atoms with Crippen molar-refractivity contribution in [3.63, 3.8) is 0 Å². The number of amides is 2. The van der Waals surface area contributed by atoms with Gasteiger partial charge in [-0.3, -0.25) is 9.59 Å². The summed E-state index contributed by atoms with van der Waals surface area (Å²) in [5, 5.41) is 0.755. The molecule has 0 saturated carbocycles. The van der Waals surface area contributed by atoms with Crippen LogP contribution in [0.3, 0.4) is 0 Å². The number of hydrogen-bond acceptors (Lipinski definition) is 3. The van der Waals surface area contributed by atoms with Crippen LogP contribution < -0.4 is 0 Å². The highest BCUT2D eigenvalue weighted by atomic mass is 32.1. The lowest BCUT2D eigenvalue weighted by molar-refractivity contribution is -0.130. The lowest BCUT2D eigenvalue weighted by atomic mass is 9.90. The highest BCUT2D eigenvalue weighted by molar-refractivity contribution is 7.20. The van der Waals surface area contributed by atoms with Gasteiger partial charge in [-0.1, -0.05) is 12.1 Å². The molecule has 2 amide bonds. The number of benzene rings is 1. The topological polar surface area (TPSA) is 40.6 Å². The van der Waals surface area contributed by atoms with Gasteiger partial charge in [0.25, 0.3) is 5.91 Å². The molecule has 0 radical (unpaired) electrons. The van der Waals surface area contributed by atoms with Crippen molar-refractivity contribution in [3.8, 4) is 0 Å². The maximum absolute atomic E-state index is 15.0. The minimum atomic E-state index is -0.245. The number of carbonyl (C=O) groups excluding carboxylic acids is 2. The molecule has 0 N–H and O–H groups in total. The molecule has 1 atom stereocenters. The highest BCUT2D eigenvalue weighted by Gasteiger charge is 2.26. The predicted octanol–water partition coefficient (Wildman–Crippen LogP) is 3.47. The van der Waals surface area contributed by atoms with Gasteiger partial charge in [-0.25, -0.2) is 4.39 Å². The van der Waals surface area contributed by atoms with Crippen LogP contribution in [-0.4, -0.2) is 48.8 Å². The molecule has 1 fully saturated rings. The van der Waals surface area contributed by atoms with Gasteiger partial charge in [-0.2, -0.15) is 0 Å². The molecule has 128 valence electrons. The van der Waals surface area contributed by atoms with E-state index in [1.165, 1.54) is 16.2 Å².